The van der Waals surface area contributed by atoms with E-state index < -0.39 is 12.6 Å². The first-order valence-corrected chi connectivity index (χ1v) is 8.11. The summed E-state index contributed by atoms with van der Waals surface area (Å²) in [5.74, 6) is -0.273. The minimum absolute atomic E-state index is 0.00960. The highest BCUT2D eigenvalue weighted by atomic mass is 35.5. The Bertz CT molecular complexity index is 715. The van der Waals surface area contributed by atoms with Crippen LogP contribution in [0.2, 0.25) is 25.1 Å². The molecule has 2 aromatic carbocycles. The van der Waals surface area contributed by atoms with Crippen molar-refractivity contribution in [3.8, 4) is 11.5 Å². The van der Waals surface area contributed by atoms with Crippen molar-refractivity contribution in [3.63, 3.8) is 0 Å². The number of carbonyl (C=O) groups is 1. The third-order valence-electron chi connectivity index (χ3n) is 2.76. The van der Waals surface area contributed by atoms with Crippen molar-refractivity contribution in [1.82, 2.24) is 0 Å². The lowest BCUT2D eigenvalue weighted by molar-refractivity contribution is -0.136. The minimum Gasteiger partial charge on any atom is -0.479 e. The van der Waals surface area contributed by atoms with Gasteiger partial charge in [0.05, 0.1) is 15.1 Å². The SMILES string of the molecule is Cc1ccc(OC(=O)COc2c(Cl)c(Cl)c(Cl)c(Cl)c2Cl)cc1. The predicted molar refractivity (Wildman–Crippen MR) is 93.8 cm³/mol. The van der Waals surface area contributed by atoms with Crippen LogP contribution in [0.1, 0.15) is 5.56 Å². The third kappa shape index (κ3) is 4.37. The normalized spacial score (nSPS) is 10.5. The molecular formula is C15H9Cl5O3. The zero-order valence-corrected chi connectivity index (χ0v) is 15.4. The van der Waals surface area contributed by atoms with Gasteiger partial charge in [0.1, 0.15) is 15.8 Å². The van der Waals surface area contributed by atoms with E-state index in [2.05, 4.69) is 0 Å². The van der Waals surface area contributed by atoms with Crippen LogP contribution in [-0.2, 0) is 4.79 Å². The van der Waals surface area contributed by atoms with E-state index in [-0.39, 0.29) is 30.9 Å². The zero-order valence-electron chi connectivity index (χ0n) is 11.6. The monoisotopic (exact) mass is 412 g/mol. The number of benzene rings is 2. The molecule has 0 aliphatic carbocycles. The number of hydrogen-bond acceptors (Lipinski definition) is 3. The summed E-state index contributed by atoms with van der Waals surface area (Å²) in [6.07, 6.45) is 0. The van der Waals surface area contributed by atoms with Crippen molar-refractivity contribution in [2.45, 2.75) is 6.92 Å². The Hall–Kier alpha value is -0.840. The molecule has 2 aromatic rings. The van der Waals surface area contributed by atoms with Crippen molar-refractivity contribution in [1.29, 1.82) is 0 Å². The van der Waals surface area contributed by atoms with E-state index in [1.54, 1.807) is 12.1 Å². The molecule has 3 nitrogen and oxygen atoms in total. The van der Waals surface area contributed by atoms with Crippen LogP contribution in [0.3, 0.4) is 0 Å². The molecule has 0 bridgehead atoms. The van der Waals surface area contributed by atoms with Crippen LogP contribution in [0, 0.1) is 6.92 Å². The van der Waals surface area contributed by atoms with Gasteiger partial charge in [-0.15, -0.1) is 0 Å². The maximum atomic E-state index is 11.8. The molecule has 0 aromatic heterocycles. The van der Waals surface area contributed by atoms with E-state index in [1.165, 1.54) is 0 Å². The van der Waals surface area contributed by atoms with E-state index >= 15 is 0 Å². The Labute approximate surface area is 157 Å². The van der Waals surface area contributed by atoms with Gasteiger partial charge in [-0.25, -0.2) is 4.79 Å². The smallest absolute Gasteiger partial charge is 0.349 e. The molecule has 0 N–H and O–H groups in total. The summed E-state index contributed by atoms with van der Waals surface area (Å²) in [5.41, 5.74) is 1.05. The highest BCUT2D eigenvalue weighted by molar-refractivity contribution is 6.55. The van der Waals surface area contributed by atoms with Crippen LogP contribution < -0.4 is 9.47 Å². The molecule has 0 atom stereocenters. The van der Waals surface area contributed by atoms with Gasteiger partial charge in [-0.3, -0.25) is 0 Å². The first kappa shape index (κ1) is 18.5. The fraction of sp³-hybridized carbons (Fsp3) is 0.133. The van der Waals surface area contributed by atoms with Gasteiger partial charge in [-0.05, 0) is 19.1 Å². The van der Waals surface area contributed by atoms with Crippen molar-refractivity contribution in [2.24, 2.45) is 0 Å². The van der Waals surface area contributed by atoms with Gasteiger partial charge in [0, 0.05) is 0 Å². The lowest BCUT2D eigenvalue weighted by atomic mass is 10.2. The lowest BCUT2D eigenvalue weighted by Crippen LogP contribution is -2.18. The lowest BCUT2D eigenvalue weighted by Gasteiger charge is -2.13. The molecule has 122 valence electrons. The Kier molecular flexibility index (Phi) is 6.29. The molecule has 23 heavy (non-hydrogen) atoms. The molecule has 2 rings (SSSR count). The summed E-state index contributed by atoms with van der Waals surface area (Å²) < 4.78 is 10.4. The number of ether oxygens (including phenoxy) is 2. The molecule has 0 amide bonds. The summed E-state index contributed by atoms with van der Waals surface area (Å²) in [6.45, 7) is 1.49. The number of carbonyl (C=O) groups excluding carboxylic acids is 1. The van der Waals surface area contributed by atoms with Gasteiger partial charge in [0.2, 0.25) is 0 Å². The Morgan fingerprint density at radius 3 is 1.87 bits per heavy atom. The third-order valence-corrected chi connectivity index (χ3v) is 5.00. The average molecular weight is 414 g/mol. The molecule has 0 spiro atoms. The average Bonchev–Trinajstić information content (AvgIpc) is 2.53. The molecule has 0 unspecified atom stereocenters. The maximum Gasteiger partial charge on any atom is 0.349 e. The standard InChI is InChI=1S/C15H9Cl5O3/c1-7-2-4-8(5-3-7)23-9(21)6-22-15-13(19)11(17)10(16)12(18)14(15)20/h2-5H,6H2,1H3. The van der Waals surface area contributed by atoms with Crippen LogP contribution in [0.25, 0.3) is 0 Å². The first-order valence-electron chi connectivity index (χ1n) is 6.23. The molecule has 8 heteroatoms. The highest BCUT2D eigenvalue weighted by Gasteiger charge is 2.21. The van der Waals surface area contributed by atoms with Gasteiger partial charge in [0.15, 0.2) is 12.4 Å². The van der Waals surface area contributed by atoms with Crippen molar-refractivity contribution >= 4 is 64.0 Å². The number of rotatable bonds is 4. The quantitative estimate of drug-likeness (QED) is 0.257. The molecule has 0 aliphatic heterocycles. The van der Waals surface area contributed by atoms with Gasteiger partial charge in [-0.1, -0.05) is 75.7 Å². The fourth-order valence-corrected chi connectivity index (χ4v) is 2.84. The van der Waals surface area contributed by atoms with E-state index in [4.69, 9.17) is 67.5 Å². The first-order chi connectivity index (χ1) is 10.8. The largest absolute Gasteiger partial charge is 0.479 e. The van der Waals surface area contributed by atoms with Crippen LogP contribution in [0.5, 0.6) is 11.5 Å². The number of halogens is 5. The van der Waals surface area contributed by atoms with E-state index in [1.807, 2.05) is 19.1 Å². The zero-order chi connectivity index (χ0) is 17.1. The Morgan fingerprint density at radius 1 is 0.870 bits per heavy atom. The fourth-order valence-electron chi connectivity index (χ4n) is 1.61. The summed E-state index contributed by atoms with van der Waals surface area (Å²) in [6, 6.07) is 6.97. The van der Waals surface area contributed by atoms with Crippen LogP contribution >= 0.6 is 58.0 Å². The molecule has 0 saturated heterocycles. The van der Waals surface area contributed by atoms with E-state index in [0.717, 1.165) is 5.56 Å². The summed E-state index contributed by atoms with van der Waals surface area (Å²) in [4.78, 5) is 11.8. The number of aryl methyl sites for hydroxylation is 1. The Balaban J connectivity index is 2.09. The van der Waals surface area contributed by atoms with Crippen LogP contribution in [-0.4, -0.2) is 12.6 Å². The van der Waals surface area contributed by atoms with E-state index in [9.17, 15) is 4.79 Å². The van der Waals surface area contributed by atoms with Crippen molar-refractivity contribution < 1.29 is 14.3 Å². The van der Waals surface area contributed by atoms with Crippen molar-refractivity contribution in [2.75, 3.05) is 6.61 Å². The molecule has 0 heterocycles. The topological polar surface area (TPSA) is 35.5 Å². The maximum absolute atomic E-state index is 11.8. The molecule has 0 radical (unpaired) electrons. The number of esters is 1. The second-order valence-electron chi connectivity index (χ2n) is 4.47. The van der Waals surface area contributed by atoms with E-state index in [0.29, 0.717) is 5.75 Å². The second-order valence-corrected chi connectivity index (χ2v) is 6.36. The minimum atomic E-state index is -0.636. The van der Waals surface area contributed by atoms with Crippen LogP contribution in [0.4, 0.5) is 0 Å². The second kappa shape index (κ2) is 7.82. The highest BCUT2D eigenvalue weighted by Crippen LogP contribution is 2.48. The van der Waals surface area contributed by atoms with Gasteiger partial charge < -0.3 is 9.47 Å². The molecule has 0 saturated carbocycles. The number of hydrogen-bond donors (Lipinski definition) is 0. The summed E-state index contributed by atoms with van der Waals surface area (Å²) in [5, 5.41) is -0.0735. The molecule has 0 fully saturated rings. The van der Waals surface area contributed by atoms with Gasteiger partial charge in [0.25, 0.3) is 0 Å². The predicted octanol–water partition coefficient (Wildman–Crippen LogP) is 6.25. The summed E-state index contributed by atoms with van der Waals surface area (Å²) >= 11 is 29.7. The van der Waals surface area contributed by atoms with Gasteiger partial charge in [-0.2, -0.15) is 0 Å². The summed E-state index contributed by atoms with van der Waals surface area (Å²) in [7, 11) is 0. The Morgan fingerprint density at radius 2 is 1.35 bits per heavy atom. The van der Waals surface area contributed by atoms with Crippen molar-refractivity contribution in [3.05, 3.63) is 54.9 Å². The molecule has 0 aliphatic rings. The van der Waals surface area contributed by atoms with Gasteiger partial charge >= 0.3 is 5.97 Å². The molecular weight excluding hydrogens is 405 g/mol. The van der Waals surface area contributed by atoms with Crippen LogP contribution in [0.15, 0.2) is 24.3 Å².